The van der Waals surface area contributed by atoms with Crippen LogP contribution in [0.2, 0.25) is 0 Å². The molecule has 27 heavy (non-hydrogen) atoms. The van der Waals surface area contributed by atoms with E-state index in [2.05, 4.69) is 12.3 Å². The molecule has 4 nitrogen and oxygen atoms in total. The van der Waals surface area contributed by atoms with Gasteiger partial charge in [-0.3, -0.25) is 15.0 Å². The summed E-state index contributed by atoms with van der Waals surface area (Å²) in [6.07, 6.45) is 9.68. The van der Waals surface area contributed by atoms with E-state index < -0.39 is 17.3 Å². The third-order valence-corrected chi connectivity index (χ3v) is 4.44. The first kappa shape index (κ1) is 23.1. The molecule has 0 saturated heterocycles. The molecule has 0 aliphatic heterocycles. The van der Waals surface area contributed by atoms with E-state index in [-0.39, 0.29) is 11.5 Å². The first-order chi connectivity index (χ1) is 12.8. The molecule has 0 aliphatic rings. The Hall–Kier alpha value is -1.91. The van der Waals surface area contributed by atoms with Crippen LogP contribution in [0, 0.1) is 5.82 Å². The average molecular weight is 379 g/mol. The molecule has 0 bridgehead atoms. The van der Waals surface area contributed by atoms with Gasteiger partial charge in [-0.05, 0) is 45.4 Å². The number of hydrazine groups is 1. The molecule has 0 radical (unpaired) electrons. The van der Waals surface area contributed by atoms with Crippen molar-refractivity contribution >= 4 is 11.8 Å². The van der Waals surface area contributed by atoms with Crippen molar-refractivity contribution in [2.24, 2.45) is 0 Å². The van der Waals surface area contributed by atoms with E-state index in [4.69, 9.17) is 0 Å². The minimum absolute atomic E-state index is 0.180. The number of amides is 2. The summed E-state index contributed by atoms with van der Waals surface area (Å²) < 4.78 is 13.4. The van der Waals surface area contributed by atoms with Crippen molar-refractivity contribution in [1.29, 1.82) is 0 Å². The van der Waals surface area contributed by atoms with Crippen molar-refractivity contribution in [2.75, 3.05) is 0 Å². The molecular formula is C22H35FN2O2. The first-order valence-electron chi connectivity index (χ1n) is 10.2. The summed E-state index contributed by atoms with van der Waals surface area (Å²) in [6.45, 7) is 7.71. The topological polar surface area (TPSA) is 49.4 Å². The van der Waals surface area contributed by atoms with Gasteiger partial charge in [0.15, 0.2) is 0 Å². The van der Waals surface area contributed by atoms with Gasteiger partial charge in [0.1, 0.15) is 5.82 Å². The number of rotatable bonds is 10. The molecule has 1 rings (SSSR count). The lowest BCUT2D eigenvalue weighted by Gasteiger charge is -2.35. The Morgan fingerprint density at radius 3 is 2.15 bits per heavy atom. The van der Waals surface area contributed by atoms with Crippen LogP contribution in [0.1, 0.15) is 95.8 Å². The Labute approximate surface area is 163 Å². The molecule has 1 aromatic carbocycles. The van der Waals surface area contributed by atoms with Crippen molar-refractivity contribution < 1.29 is 14.0 Å². The number of unbranched alkanes of at least 4 members (excludes halogenated alkanes) is 7. The second-order valence-corrected chi connectivity index (χ2v) is 8.08. The molecule has 1 aromatic rings. The minimum atomic E-state index is -0.613. The van der Waals surface area contributed by atoms with E-state index in [9.17, 15) is 14.0 Å². The first-order valence-corrected chi connectivity index (χ1v) is 10.2. The van der Waals surface area contributed by atoms with Gasteiger partial charge in [0.05, 0.1) is 5.54 Å². The quantitative estimate of drug-likeness (QED) is 0.424. The summed E-state index contributed by atoms with van der Waals surface area (Å²) in [5, 5.41) is 1.30. The van der Waals surface area contributed by atoms with Crippen molar-refractivity contribution in [3.8, 4) is 0 Å². The fraction of sp³-hybridized carbons (Fsp3) is 0.636. The SMILES string of the molecule is CCCCCCCCCCC(=O)NN(C(=O)c1cccc(F)c1)C(C)(C)C. The predicted molar refractivity (Wildman–Crippen MR) is 108 cm³/mol. The Kier molecular flexibility index (Phi) is 10.0. The van der Waals surface area contributed by atoms with Gasteiger partial charge >= 0.3 is 0 Å². The number of benzene rings is 1. The standard InChI is InChI=1S/C22H35FN2O2/c1-5-6-7-8-9-10-11-12-16-20(26)24-25(22(2,3)4)21(27)18-14-13-15-19(23)17-18/h13-15,17H,5-12,16H2,1-4H3,(H,24,26). The number of carbonyl (C=O) groups excluding carboxylic acids is 2. The van der Waals surface area contributed by atoms with Gasteiger partial charge in [-0.15, -0.1) is 0 Å². The predicted octanol–water partition coefficient (Wildman–Crippen LogP) is 5.63. The fourth-order valence-corrected chi connectivity index (χ4v) is 2.87. The average Bonchev–Trinajstić information content (AvgIpc) is 2.60. The minimum Gasteiger partial charge on any atom is -0.273 e. The van der Waals surface area contributed by atoms with Crippen molar-refractivity contribution in [1.82, 2.24) is 10.4 Å². The second kappa shape index (κ2) is 11.7. The van der Waals surface area contributed by atoms with Crippen LogP contribution in [0.5, 0.6) is 0 Å². The lowest BCUT2D eigenvalue weighted by Crippen LogP contribution is -2.55. The molecule has 0 heterocycles. The maximum atomic E-state index is 13.4. The van der Waals surface area contributed by atoms with Crippen LogP contribution in [0.15, 0.2) is 24.3 Å². The van der Waals surface area contributed by atoms with Gasteiger partial charge in [-0.1, -0.05) is 57.9 Å². The lowest BCUT2D eigenvalue weighted by molar-refractivity contribution is -0.127. The van der Waals surface area contributed by atoms with Gasteiger partial charge in [-0.2, -0.15) is 0 Å². The normalized spacial score (nSPS) is 11.3. The van der Waals surface area contributed by atoms with Gasteiger partial charge < -0.3 is 0 Å². The Morgan fingerprint density at radius 2 is 1.59 bits per heavy atom. The summed E-state index contributed by atoms with van der Waals surface area (Å²) in [7, 11) is 0. The molecule has 152 valence electrons. The van der Waals surface area contributed by atoms with E-state index in [0.717, 1.165) is 19.3 Å². The zero-order valence-electron chi connectivity index (χ0n) is 17.3. The monoisotopic (exact) mass is 378 g/mol. The molecule has 2 amide bonds. The lowest BCUT2D eigenvalue weighted by atomic mass is 10.1. The van der Waals surface area contributed by atoms with E-state index in [1.807, 2.05) is 20.8 Å². The smallest absolute Gasteiger partial charge is 0.272 e. The van der Waals surface area contributed by atoms with Gasteiger partial charge in [0, 0.05) is 12.0 Å². The van der Waals surface area contributed by atoms with Crippen LogP contribution >= 0.6 is 0 Å². The largest absolute Gasteiger partial charge is 0.273 e. The van der Waals surface area contributed by atoms with Gasteiger partial charge in [0.2, 0.25) is 5.91 Å². The summed E-state index contributed by atoms with van der Waals surface area (Å²) >= 11 is 0. The molecule has 0 saturated carbocycles. The maximum Gasteiger partial charge on any atom is 0.272 e. The molecule has 1 N–H and O–H groups in total. The Morgan fingerprint density at radius 1 is 1.00 bits per heavy atom. The van der Waals surface area contributed by atoms with Crippen molar-refractivity contribution in [3.63, 3.8) is 0 Å². The summed E-state index contributed by atoms with van der Waals surface area (Å²) in [6, 6.07) is 5.52. The fourth-order valence-electron chi connectivity index (χ4n) is 2.87. The second-order valence-electron chi connectivity index (χ2n) is 8.08. The van der Waals surface area contributed by atoms with E-state index in [1.165, 1.54) is 55.3 Å². The molecule has 0 aliphatic carbocycles. The summed E-state index contributed by atoms with van der Waals surface area (Å²) in [4.78, 5) is 25.0. The number of nitrogens with zero attached hydrogens (tertiary/aromatic N) is 1. The third-order valence-electron chi connectivity index (χ3n) is 4.44. The zero-order valence-corrected chi connectivity index (χ0v) is 17.3. The Bertz CT molecular complexity index is 596. The highest BCUT2D eigenvalue weighted by Crippen LogP contribution is 2.16. The number of hydrogen-bond acceptors (Lipinski definition) is 2. The molecule has 0 aromatic heterocycles. The molecular weight excluding hydrogens is 343 g/mol. The van der Waals surface area contributed by atoms with Crippen LogP contribution in [-0.4, -0.2) is 22.4 Å². The molecule has 0 fully saturated rings. The molecule has 5 heteroatoms. The number of hydrogen-bond donors (Lipinski definition) is 1. The number of halogens is 1. The van der Waals surface area contributed by atoms with E-state index in [0.29, 0.717) is 6.42 Å². The Balaban J connectivity index is 2.48. The van der Waals surface area contributed by atoms with Crippen LogP contribution in [0.4, 0.5) is 4.39 Å². The molecule has 0 atom stereocenters. The van der Waals surface area contributed by atoms with Crippen molar-refractivity contribution in [3.05, 3.63) is 35.6 Å². The summed E-state index contributed by atoms with van der Waals surface area (Å²) in [5.41, 5.74) is 2.32. The highest BCUT2D eigenvalue weighted by Gasteiger charge is 2.29. The van der Waals surface area contributed by atoms with Crippen LogP contribution < -0.4 is 5.43 Å². The molecule has 0 unspecified atom stereocenters. The van der Waals surface area contributed by atoms with Crippen LogP contribution in [-0.2, 0) is 4.79 Å². The highest BCUT2D eigenvalue weighted by atomic mass is 19.1. The third kappa shape index (κ3) is 9.03. The maximum absolute atomic E-state index is 13.4. The highest BCUT2D eigenvalue weighted by molar-refractivity contribution is 5.95. The van der Waals surface area contributed by atoms with Crippen LogP contribution in [0.25, 0.3) is 0 Å². The van der Waals surface area contributed by atoms with Gasteiger partial charge in [-0.25, -0.2) is 9.40 Å². The molecule has 0 spiro atoms. The number of nitrogens with one attached hydrogen (secondary N) is 1. The zero-order chi connectivity index (χ0) is 20.3. The van der Waals surface area contributed by atoms with E-state index in [1.54, 1.807) is 6.07 Å². The summed E-state index contributed by atoms with van der Waals surface area (Å²) in [5.74, 6) is -1.06. The van der Waals surface area contributed by atoms with Crippen molar-refractivity contribution in [2.45, 2.75) is 91.0 Å². The van der Waals surface area contributed by atoms with Gasteiger partial charge in [0.25, 0.3) is 5.91 Å². The van der Waals surface area contributed by atoms with E-state index >= 15 is 0 Å². The number of carbonyl (C=O) groups is 2. The van der Waals surface area contributed by atoms with Crippen LogP contribution in [0.3, 0.4) is 0 Å².